The van der Waals surface area contributed by atoms with E-state index in [4.69, 9.17) is 27.9 Å². The predicted molar refractivity (Wildman–Crippen MR) is 146 cm³/mol. The van der Waals surface area contributed by atoms with Gasteiger partial charge in [0, 0.05) is 16.3 Å². The quantitative estimate of drug-likeness (QED) is 0.281. The summed E-state index contributed by atoms with van der Waals surface area (Å²) in [7, 11) is 0. The van der Waals surface area contributed by atoms with Gasteiger partial charge in [-0.1, -0.05) is 60.0 Å². The highest BCUT2D eigenvalue weighted by molar-refractivity contribution is 6.31. The van der Waals surface area contributed by atoms with Crippen LogP contribution in [0.4, 0.5) is 14.9 Å². The molecule has 1 atom stereocenters. The zero-order valence-electron chi connectivity index (χ0n) is 22.4. The molecule has 3 heterocycles. The maximum Gasteiger partial charge on any atom is 0.454 e. The number of halogens is 3. The molecule has 1 unspecified atom stereocenters. The number of hydrogen-bond donors (Lipinski definition) is 0. The van der Waals surface area contributed by atoms with Crippen molar-refractivity contribution < 1.29 is 18.7 Å². The predicted octanol–water partition coefficient (Wildman–Crippen LogP) is 6.02. The van der Waals surface area contributed by atoms with Gasteiger partial charge in [-0.3, -0.25) is 14.4 Å². The molecule has 208 valence electrons. The summed E-state index contributed by atoms with van der Waals surface area (Å²) in [5.74, 6) is -1.10. The number of ether oxygens (including phenoxy) is 1. The average Bonchev–Trinajstić information content (AvgIpc) is 3.55. The minimum absolute atomic E-state index is 0.0372. The van der Waals surface area contributed by atoms with Gasteiger partial charge in [0.15, 0.2) is 17.3 Å². The molecule has 0 saturated heterocycles. The Balaban J connectivity index is 1.60. The van der Waals surface area contributed by atoms with Gasteiger partial charge in [-0.05, 0) is 61.7 Å². The molecule has 10 nitrogen and oxygen atoms in total. The minimum Gasteiger partial charge on any atom is -0.441 e. The lowest BCUT2D eigenvalue weighted by atomic mass is 9.94. The van der Waals surface area contributed by atoms with Crippen LogP contribution < -0.4 is 4.90 Å². The van der Waals surface area contributed by atoms with Gasteiger partial charge in [-0.2, -0.15) is 5.10 Å². The number of fused-ring (bicyclic) bond motifs is 1. The Labute approximate surface area is 239 Å². The van der Waals surface area contributed by atoms with Gasteiger partial charge in [0.1, 0.15) is 12.1 Å². The summed E-state index contributed by atoms with van der Waals surface area (Å²) < 4.78 is 22.2. The first-order valence-electron chi connectivity index (χ1n) is 12.5. The van der Waals surface area contributed by atoms with E-state index in [2.05, 4.69) is 20.5 Å². The van der Waals surface area contributed by atoms with Crippen LogP contribution in [-0.2, 0) is 11.3 Å². The second kappa shape index (κ2) is 10.3. The molecular weight excluding hydrogens is 560 g/mol. The highest BCUT2D eigenvalue weighted by Gasteiger charge is 2.45. The summed E-state index contributed by atoms with van der Waals surface area (Å²) in [6, 6.07) is 10.8. The fourth-order valence-electron chi connectivity index (χ4n) is 4.71. The van der Waals surface area contributed by atoms with Gasteiger partial charge >= 0.3 is 6.09 Å². The van der Waals surface area contributed by atoms with Gasteiger partial charge in [-0.25, -0.2) is 9.18 Å². The van der Waals surface area contributed by atoms with Crippen molar-refractivity contribution in [1.29, 1.82) is 0 Å². The molecule has 4 aromatic rings. The van der Waals surface area contributed by atoms with Gasteiger partial charge in [0.05, 0.1) is 16.8 Å². The molecule has 13 heteroatoms. The normalized spacial score (nSPS) is 15.2. The Morgan fingerprint density at radius 3 is 2.45 bits per heavy atom. The highest BCUT2D eigenvalue weighted by Crippen LogP contribution is 2.46. The zero-order chi connectivity index (χ0) is 28.9. The number of aromatic nitrogens is 6. The maximum absolute atomic E-state index is 15.3. The molecule has 2 aromatic heterocycles. The van der Waals surface area contributed by atoms with Crippen molar-refractivity contribution in [3.05, 3.63) is 86.7 Å². The molecule has 40 heavy (non-hydrogen) atoms. The monoisotopic (exact) mass is 585 g/mol. The standard InChI is InChI=1S/C27H26Cl2FN7O3/c1-14(2)23-20-22(33-35(23)13-19-31-34-37(32-19)26(39)40-27(3,4)5)25(38)36(18-8-6-7-17(29)21(18)30)24(20)15-9-11-16(28)12-10-15/h6-12,14,24H,13H2,1-5H3. The first kappa shape index (κ1) is 27.7. The van der Waals surface area contributed by atoms with Crippen molar-refractivity contribution in [3.8, 4) is 0 Å². The highest BCUT2D eigenvalue weighted by atomic mass is 35.5. The second-order valence-corrected chi connectivity index (χ2v) is 11.5. The van der Waals surface area contributed by atoms with E-state index in [1.807, 2.05) is 13.8 Å². The lowest BCUT2D eigenvalue weighted by Crippen LogP contribution is -2.31. The van der Waals surface area contributed by atoms with Crippen LogP contribution >= 0.6 is 23.2 Å². The van der Waals surface area contributed by atoms with Crippen LogP contribution in [0.15, 0.2) is 42.5 Å². The molecule has 0 saturated carbocycles. The van der Waals surface area contributed by atoms with Crippen molar-refractivity contribution in [3.63, 3.8) is 0 Å². The number of carbonyl (C=O) groups is 2. The summed E-state index contributed by atoms with van der Waals surface area (Å²) in [5, 5.41) is 17.0. The van der Waals surface area contributed by atoms with E-state index in [-0.39, 0.29) is 34.7 Å². The number of tetrazole rings is 1. The topological polar surface area (TPSA) is 108 Å². The van der Waals surface area contributed by atoms with Gasteiger partial charge < -0.3 is 4.74 Å². The number of benzene rings is 2. The largest absolute Gasteiger partial charge is 0.454 e. The van der Waals surface area contributed by atoms with Crippen LogP contribution in [-0.4, -0.2) is 47.6 Å². The van der Waals surface area contributed by atoms with Crippen LogP contribution in [0, 0.1) is 5.82 Å². The van der Waals surface area contributed by atoms with Crippen LogP contribution in [0.3, 0.4) is 0 Å². The SMILES string of the molecule is CC(C)c1c2c(nn1Cc1nnn(C(=O)OC(C)(C)C)n1)C(=O)N(c1cccc(Cl)c1F)C2c1ccc(Cl)cc1. The molecular formula is C27H26Cl2FN7O3. The molecule has 1 amide bonds. The lowest BCUT2D eigenvalue weighted by molar-refractivity contribution is 0.0484. The van der Waals surface area contributed by atoms with Crippen molar-refractivity contribution in [1.82, 2.24) is 30.0 Å². The fourth-order valence-corrected chi connectivity index (χ4v) is 5.01. The van der Waals surface area contributed by atoms with Crippen LogP contribution in [0.1, 0.15) is 79.7 Å². The summed E-state index contributed by atoms with van der Waals surface area (Å²) >= 11 is 12.2. The van der Waals surface area contributed by atoms with Gasteiger partial charge in [0.25, 0.3) is 5.91 Å². The first-order chi connectivity index (χ1) is 18.9. The molecule has 0 radical (unpaired) electrons. The van der Waals surface area contributed by atoms with E-state index < -0.39 is 29.5 Å². The number of anilines is 1. The van der Waals surface area contributed by atoms with E-state index in [9.17, 15) is 9.59 Å². The molecule has 0 bridgehead atoms. The molecule has 1 aliphatic heterocycles. The second-order valence-electron chi connectivity index (χ2n) is 10.6. The molecule has 5 rings (SSSR count). The molecule has 0 spiro atoms. The fraction of sp³-hybridized carbons (Fsp3) is 0.333. The minimum atomic E-state index is -0.768. The third-order valence-electron chi connectivity index (χ3n) is 6.21. The van der Waals surface area contributed by atoms with Crippen molar-refractivity contribution in [2.75, 3.05) is 4.90 Å². The third-order valence-corrected chi connectivity index (χ3v) is 6.75. The number of carbonyl (C=O) groups excluding carboxylic acids is 2. The number of hydrogen-bond acceptors (Lipinski definition) is 7. The molecule has 0 aliphatic carbocycles. The van der Waals surface area contributed by atoms with E-state index in [0.29, 0.717) is 16.1 Å². The summed E-state index contributed by atoms with van der Waals surface area (Å²) in [6.07, 6.45) is -0.768. The van der Waals surface area contributed by atoms with E-state index in [0.717, 1.165) is 10.5 Å². The van der Waals surface area contributed by atoms with Crippen molar-refractivity contribution >= 4 is 40.9 Å². The Bertz CT molecular complexity index is 1610. The molecule has 0 N–H and O–H groups in total. The summed E-state index contributed by atoms with van der Waals surface area (Å²) in [5.41, 5.74) is 1.54. The Morgan fingerprint density at radius 2 is 1.80 bits per heavy atom. The number of nitrogens with zero attached hydrogens (tertiary/aromatic N) is 7. The van der Waals surface area contributed by atoms with Crippen LogP contribution in [0.2, 0.25) is 10.0 Å². The molecule has 1 aliphatic rings. The van der Waals surface area contributed by atoms with E-state index in [1.165, 1.54) is 17.0 Å². The van der Waals surface area contributed by atoms with E-state index >= 15 is 4.39 Å². The van der Waals surface area contributed by atoms with Crippen molar-refractivity contribution in [2.45, 2.75) is 58.7 Å². The van der Waals surface area contributed by atoms with Gasteiger partial charge in [0.2, 0.25) is 0 Å². The average molecular weight is 586 g/mol. The zero-order valence-corrected chi connectivity index (χ0v) is 23.9. The Hall–Kier alpha value is -3.83. The van der Waals surface area contributed by atoms with E-state index in [1.54, 1.807) is 55.8 Å². The van der Waals surface area contributed by atoms with Crippen LogP contribution in [0.5, 0.6) is 0 Å². The smallest absolute Gasteiger partial charge is 0.441 e. The maximum atomic E-state index is 15.3. The lowest BCUT2D eigenvalue weighted by Gasteiger charge is -2.28. The van der Waals surface area contributed by atoms with Gasteiger partial charge in [-0.15, -0.1) is 10.2 Å². The summed E-state index contributed by atoms with van der Waals surface area (Å²) in [6.45, 7) is 9.16. The third kappa shape index (κ3) is 5.06. The van der Waals surface area contributed by atoms with Crippen molar-refractivity contribution in [2.24, 2.45) is 0 Å². The Kier molecular flexibility index (Phi) is 7.13. The number of amides is 1. The number of rotatable bonds is 5. The molecule has 0 fully saturated rings. The molecule has 2 aromatic carbocycles. The first-order valence-corrected chi connectivity index (χ1v) is 13.3. The summed E-state index contributed by atoms with van der Waals surface area (Å²) in [4.78, 5) is 28.4. The Morgan fingerprint density at radius 1 is 1.10 bits per heavy atom. The van der Waals surface area contributed by atoms with Crippen LogP contribution in [0.25, 0.3) is 0 Å².